The fourth-order valence-electron chi connectivity index (χ4n) is 2.71. The zero-order valence-corrected chi connectivity index (χ0v) is 11.7. The summed E-state index contributed by atoms with van der Waals surface area (Å²) < 4.78 is 5.34. The molecule has 0 spiro atoms. The lowest BCUT2D eigenvalue weighted by Crippen LogP contribution is -2.39. The average Bonchev–Trinajstić information content (AvgIpc) is 2.88. The molecule has 5 nitrogen and oxygen atoms in total. The van der Waals surface area contributed by atoms with Gasteiger partial charge in [0.15, 0.2) is 0 Å². The predicted molar refractivity (Wildman–Crippen MR) is 74.8 cm³/mol. The van der Waals surface area contributed by atoms with Crippen LogP contribution >= 0.6 is 11.6 Å². The highest BCUT2D eigenvalue weighted by molar-refractivity contribution is 6.28. The van der Waals surface area contributed by atoms with Crippen LogP contribution in [0.25, 0.3) is 0 Å². The number of morpholine rings is 1. The first kappa shape index (κ1) is 13.1. The molecule has 0 atom stereocenters. The van der Waals surface area contributed by atoms with Gasteiger partial charge in [0, 0.05) is 31.7 Å². The SMILES string of the molecule is Clc1nc2c(c(NCCN3CCOCC3)n1)CCC2. The molecular weight excluding hydrogens is 264 g/mol. The van der Waals surface area contributed by atoms with Gasteiger partial charge in [-0.3, -0.25) is 4.90 Å². The molecule has 6 heteroatoms. The Morgan fingerprint density at radius 1 is 1.21 bits per heavy atom. The van der Waals surface area contributed by atoms with Gasteiger partial charge in [-0.05, 0) is 30.9 Å². The van der Waals surface area contributed by atoms with Gasteiger partial charge in [0.25, 0.3) is 0 Å². The predicted octanol–water partition coefficient (Wildman–Crippen LogP) is 1.36. The second-order valence-corrected chi connectivity index (χ2v) is 5.34. The van der Waals surface area contributed by atoms with E-state index in [0.29, 0.717) is 5.28 Å². The van der Waals surface area contributed by atoms with E-state index in [1.54, 1.807) is 0 Å². The molecule has 104 valence electrons. The monoisotopic (exact) mass is 282 g/mol. The van der Waals surface area contributed by atoms with Crippen LogP contribution in [-0.2, 0) is 17.6 Å². The molecule has 1 aliphatic heterocycles. The average molecular weight is 283 g/mol. The molecule has 2 aliphatic rings. The molecule has 0 unspecified atom stereocenters. The molecule has 0 aromatic carbocycles. The van der Waals surface area contributed by atoms with Crippen molar-refractivity contribution in [1.29, 1.82) is 0 Å². The van der Waals surface area contributed by atoms with Crippen molar-refractivity contribution in [1.82, 2.24) is 14.9 Å². The smallest absolute Gasteiger partial charge is 0.224 e. The Balaban J connectivity index is 1.57. The summed E-state index contributed by atoms with van der Waals surface area (Å²) in [6.07, 6.45) is 3.24. The zero-order valence-electron chi connectivity index (χ0n) is 11.0. The van der Waals surface area contributed by atoms with Crippen molar-refractivity contribution >= 4 is 17.4 Å². The third-order valence-electron chi connectivity index (χ3n) is 3.73. The van der Waals surface area contributed by atoms with Gasteiger partial charge >= 0.3 is 0 Å². The highest BCUT2D eigenvalue weighted by atomic mass is 35.5. The number of hydrogen-bond acceptors (Lipinski definition) is 5. The van der Waals surface area contributed by atoms with Crippen LogP contribution in [0.15, 0.2) is 0 Å². The summed E-state index contributed by atoms with van der Waals surface area (Å²) in [6, 6.07) is 0. The molecule has 1 aromatic heterocycles. The van der Waals surface area contributed by atoms with E-state index in [1.807, 2.05) is 0 Å². The number of aromatic nitrogens is 2. The Bertz CT molecular complexity index is 449. The fourth-order valence-corrected chi connectivity index (χ4v) is 2.89. The first-order valence-electron chi connectivity index (χ1n) is 6.92. The van der Waals surface area contributed by atoms with E-state index in [0.717, 1.165) is 70.2 Å². The highest BCUT2D eigenvalue weighted by Crippen LogP contribution is 2.27. The van der Waals surface area contributed by atoms with Gasteiger partial charge in [-0.2, -0.15) is 0 Å². The van der Waals surface area contributed by atoms with E-state index in [2.05, 4.69) is 20.2 Å². The molecule has 1 N–H and O–H groups in total. The quantitative estimate of drug-likeness (QED) is 0.845. The van der Waals surface area contributed by atoms with Gasteiger partial charge in [-0.1, -0.05) is 0 Å². The molecule has 19 heavy (non-hydrogen) atoms. The summed E-state index contributed by atoms with van der Waals surface area (Å²) >= 11 is 5.97. The molecule has 1 saturated heterocycles. The highest BCUT2D eigenvalue weighted by Gasteiger charge is 2.19. The second-order valence-electron chi connectivity index (χ2n) is 5.00. The van der Waals surface area contributed by atoms with Crippen LogP contribution in [0, 0.1) is 0 Å². The summed E-state index contributed by atoms with van der Waals surface area (Å²) in [5.74, 6) is 0.931. The van der Waals surface area contributed by atoms with Gasteiger partial charge in [0.1, 0.15) is 5.82 Å². The van der Waals surface area contributed by atoms with E-state index in [-0.39, 0.29) is 0 Å². The van der Waals surface area contributed by atoms with Crippen molar-refractivity contribution < 1.29 is 4.74 Å². The number of ether oxygens (including phenoxy) is 1. The molecule has 1 aromatic rings. The maximum atomic E-state index is 5.97. The number of aryl methyl sites for hydroxylation is 1. The van der Waals surface area contributed by atoms with E-state index >= 15 is 0 Å². The Kier molecular flexibility index (Phi) is 4.15. The van der Waals surface area contributed by atoms with Crippen molar-refractivity contribution in [2.75, 3.05) is 44.7 Å². The molecule has 0 amide bonds. The van der Waals surface area contributed by atoms with Crippen LogP contribution in [0.3, 0.4) is 0 Å². The summed E-state index contributed by atoms with van der Waals surface area (Å²) in [5, 5.41) is 3.77. The van der Waals surface area contributed by atoms with Crippen LogP contribution in [0.4, 0.5) is 5.82 Å². The molecular formula is C13H19ClN4O. The van der Waals surface area contributed by atoms with Crippen LogP contribution in [0.1, 0.15) is 17.7 Å². The van der Waals surface area contributed by atoms with Crippen molar-refractivity contribution in [3.63, 3.8) is 0 Å². The minimum Gasteiger partial charge on any atom is -0.379 e. The molecule has 1 fully saturated rings. The lowest BCUT2D eigenvalue weighted by Gasteiger charge is -2.26. The molecule has 0 radical (unpaired) electrons. The molecule has 1 aliphatic carbocycles. The van der Waals surface area contributed by atoms with E-state index < -0.39 is 0 Å². The van der Waals surface area contributed by atoms with Crippen molar-refractivity contribution in [2.24, 2.45) is 0 Å². The minimum absolute atomic E-state index is 0.356. The van der Waals surface area contributed by atoms with Crippen LogP contribution < -0.4 is 5.32 Å². The lowest BCUT2D eigenvalue weighted by molar-refractivity contribution is 0.0398. The van der Waals surface area contributed by atoms with Crippen LogP contribution in [0.5, 0.6) is 0 Å². The summed E-state index contributed by atoms with van der Waals surface area (Å²) in [4.78, 5) is 11.0. The number of rotatable bonds is 4. The Hall–Kier alpha value is -0.910. The number of hydrogen-bond donors (Lipinski definition) is 1. The van der Waals surface area contributed by atoms with Crippen molar-refractivity contribution in [2.45, 2.75) is 19.3 Å². The second kappa shape index (κ2) is 6.03. The van der Waals surface area contributed by atoms with Gasteiger partial charge in [-0.25, -0.2) is 9.97 Å². The minimum atomic E-state index is 0.356. The van der Waals surface area contributed by atoms with Crippen molar-refractivity contribution in [3.05, 3.63) is 16.5 Å². The van der Waals surface area contributed by atoms with Gasteiger partial charge in [-0.15, -0.1) is 0 Å². The largest absolute Gasteiger partial charge is 0.379 e. The Morgan fingerprint density at radius 2 is 2.05 bits per heavy atom. The number of nitrogens with one attached hydrogen (secondary N) is 1. The summed E-state index contributed by atoms with van der Waals surface area (Å²) in [5.41, 5.74) is 2.38. The molecule has 0 bridgehead atoms. The normalized spacial score (nSPS) is 19.4. The van der Waals surface area contributed by atoms with Gasteiger partial charge in [0.05, 0.1) is 18.9 Å². The van der Waals surface area contributed by atoms with Crippen LogP contribution in [0.2, 0.25) is 5.28 Å². The van der Waals surface area contributed by atoms with E-state index in [4.69, 9.17) is 16.3 Å². The number of fused-ring (bicyclic) bond motifs is 1. The zero-order chi connectivity index (χ0) is 13.1. The first-order chi connectivity index (χ1) is 9.33. The third-order valence-corrected chi connectivity index (χ3v) is 3.90. The van der Waals surface area contributed by atoms with Crippen LogP contribution in [-0.4, -0.2) is 54.3 Å². The summed E-state index contributed by atoms with van der Waals surface area (Å²) in [6.45, 7) is 5.62. The summed E-state index contributed by atoms with van der Waals surface area (Å²) in [7, 11) is 0. The number of anilines is 1. The van der Waals surface area contributed by atoms with E-state index in [1.165, 1.54) is 5.56 Å². The standard InChI is InChI=1S/C13H19ClN4O/c14-13-16-11-3-1-2-10(11)12(17-13)15-4-5-18-6-8-19-9-7-18/h1-9H2,(H,15,16,17). The Morgan fingerprint density at radius 3 is 2.89 bits per heavy atom. The lowest BCUT2D eigenvalue weighted by atomic mass is 10.2. The topological polar surface area (TPSA) is 50.3 Å². The number of nitrogens with zero attached hydrogens (tertiary/aromatic N) is 3. The molecule has 2 heterocycles. The molecule has 3 rings (SSSR count). The fraction of sp³-hybridized carbons (Fsp3) is 0.692. The van der Waals surface area contributed by atoms with Crippen molar-refractivity contribution in [3.8, 4) is 0 Å². The van der Waals surface area contributed by atoms with Gasteiger partial charge < -0.3 is 10.1 Å². The first-order valence-corrected chi connectivity index (χ1v) is 7.30. The number of halogens is 1. The Labute approximate surface area is 118 Å². The van der Waals surface area contributed by atoms with Gasteiger partial charge in [0.2, 0.25) is 5.28 Å². The third kappa shape index (κ3) is 3.16. The molecule has 0 saturated carbocycles. The maximum Gasteiger partial charge on any atom is 0.224 e. The maximum absolute atomic E-state index is 5.97. The van der Waals surface area contributed by atoms with E-state index in [9.17, 15) is 0 Å².